The topological polar surface area (TPSA) is 78.5 Å². The molecule has 1 heterocycles. The molecule has 6 nitrogen and oxygen atoms in total. The Morgan fingerprint density at radius 1 is 1.04 bits per heavy atom. The van der Waals surface area contributed by atoms with Gasteiger partial charge < -0.3 is 5.43 Å². The van der Waals surface area contributed by atoms with Crippen LogP contribution in [0, 0.1) is 0 Å². The summed E-state index contributed by atoms with van der Waals surface area (Å²) >= 11 is 0. The smallest absolute Gasteiger partial charge is 0.269 e. The van der Waals surface area contributed by atoms with E-state index in [1.165, 1.54) is 23.2 Å². The van der Waals surface area contributed by atoms with Crippen molar-refractivity contribution in [1.29, 1.82) is 0 Å². The van der Waals surface area contributed by atoms with Crippen molar-refractivity contribution < 1.29 is 13.2 Å². The summed E-state index contributed by atoms with van der Waals surface area (Å²) in [5, 5.41) is 0. The van der Waals surface area contributed by atoms with Crippen molar-refractivity contribution in [2.75, 3.05) is 13.1 Å². The van der Waals surface area contributed by atoms with E-state index in [9.17, 15) is 13.2 Å². The highest BCUT2D eigenvalue weighted by molar-refractivity contribution is 7.89. The third-order valence-electron chi connectivity index (χ3n) is 4.68. The summed E-state index contributed by atoms with van der Waals surface area (Å²) < 4.78 is 26.7. The van der Waals surface area contributed by atoms with E-state index in [1.54, 1.807) is 18.2 Å². The van der Waals surface area contributed by atoms with Crippen LogP contribution in [0.25, 0.3) is 0 Å². The van der Waals surface area contributed by atoms with Crippen LogP contribution in [0.1, 0.15) is 55.3 Å². The fraction of sp³-hybridized carbons (Fsp3) is 0.500. The second kappa shape index (κ2) is 8.01. The molecular weight excluding hydrogens is 338 g/mol. The molecule has 0 aromatic heterocycles. The Morgan fingerprint density at radius 3 is 2.64 bits per heavy atom. The average molecular weight is 363 g/mol. The van der Waals surface area contributed by atoms with Gasteiger partial charge in [0.1, 0.15) is 0 Å². The maximum absolute atomic E-state index is 12.6. The van der Waals surface area contributed by atoms with Gasteiger partial charge in [0.15, 0.2) is 0 Å². The SMILES string of the molecule is O=C(NNC1=CCCCCC1)c1cccc(S(=O)(=O)N2CCCC2)c1. The zero-order chi connectivity index (χ0) is 17.7. The molecular formula is C18H25N3O3S. The van der Waals surface area contributed by atoms with Gasteiger partial charge in [0.2, 0.25) is 10.0 Å². The van der Waals surface area contributed by atoms with Gasteiger partial charge in [0.05, 0.1) is 4.90 Å². The summed E-state index contributed by atoms with van der Waals surface area (Å²) in [6, 6.07) is 6.24. The van der Waals surface area contributed by atoms with E-state index in [4.69, 9.17) is 0 Å². The molecule has 1 fully saturated rings. The fourth-order valence-electron chi connectivity index (χ4n) is 3.21. The lowest BCUT2D eigenvalue weighted by atomic mass is 10.2. The van der Waals surface area contributed by atoms with Gasteiger partial charge in [-0.3, -0.25) is 10.2 Å². The molecule has 25 heavy (non-hydrogen) atoms. The lowest BCUT2D eigenvalue weighted by molar-refractivity contribution is 0.0938. The van der Waals surface area contributed by atoms with Gasteiger partial charge in [-0.15, -0.1) is 0 Å². The Labute approximate surface area is 149 Å². The maximum atomic E-state index is 12.6. The average Bonchev–Trinajstić information content (AvgIpc) is 3.05. The zero-order valence-corrected chi connectivity index (χ0v) is 15.1. The third kappa shape index (κ3) is 4.41. The molecule has 2 N–H and O–H groups in total. The second-order valence-electron chi connectivity index (χ2n) is 6.55. The molecule has 1 saturated heterocycles. The van der Waals surface area contributed by atoms with Gasteiger partial charge in [-0.1, -0.05) is 18.6 Å². The summed E-state index contributed by atoms with van der Waals surface area (Å²) in [5.41, 5.74) is 7.01. The van der Waals surface area contributed by atoms with Crippen molar-refractivity contribution in [2.45, 2.75) is 49.8 Å². The van der Waals surface area contributed by atoms with Crippen LogP contribution in [0.4, 0.5) is 0 Å². The molecule has 0 bridgehead atoms. The molecule has 0 atom stereocenters. The van der Waals surface area contributed by atoms with Crippen LogP contribution >= 0.6 is 0 Å². The van der Waals surface area contributed by atoms with Crippen LogP contribution in [0.2, 0.25) is 0 Å². The molecule has 1 aromatic rings. The fourth-order valence-corrected chi connectivity index (χ4v) is 4.78. The van der Waals surface area contributed by atoms with E-state index >= 15 is 0 Å². The molecule has 0 unspecified atom stereocenters. The van der Waals surface area contributed by atoms with Crippen LogP contribution in [0.3, 0.4) is 0 Å². The minimum atomic E-state index is -3.51. The maximum Gasteiger partial charge on any atom is 0.269 e. The van der Waals surface area contributed by atoms with Crippen molar-refractivity contribution in [3.63, 3.8) is 0 Å². The lowest BCUT2D eigenvalue weighted by Crippen LogP contribution is -2.37. The molecule has 136 valence electrons. The number of hydrazine groups is 1. The van der Waals surface area contributed by atoms with Crippen molar-refractivity contribution in [2.24, 2.45) is 0 Å². The highest BCUT2D eigenvalue weighted by Crippen LogP contribution is 2.21. The molecule has 7 heteroatoms. The lowest BCUT2D eigenvalue weighted by Gasteiger charge is -2.16. The van der Waals surface area contributed by atoms with Gasteiger partial charge in [-0.2, -0.15) is 4.31 Å². The minimum absolute atomic E-state index is 0.177. The van der Waals surface area contributed by atoms with Crippen LogP contribution in [-0.2, 0) is 10.0 Å². The quantitative estimate of drug-likeness (QED) is 0.788. The van der Waals surface area contributed by atoms with E-state index in [-0.39, 0.29) is 10.8 Å². The van der Waals surface area contributed by atoms with E-state index in [0.29, 0.717) is 18.7 Å². The van der Waals surface area contributed by atoms with Crippen molar-refractivity contribution in [3.05, 3.63) is 41.6 Å². The molecule has 2 aliphatic rings. The van der Waals surface area contributed by atoms with Crippen molar-refractivity contribution in [3.8, 4) is 0 Å². The van der Waals surface area contributed by atoms with Crippen molar-refractivity contribution >= 4 is 15.9 Å². The number of hydrogen-bond acceptors (Lipinski definition) is 4. The number of nitrogens with zero attached hydrogens (tertiary/aromatic N) is 1. The van der Waals surface area contributed by atoms with Gasteiger partial charge in [-0.25, -0.2) is 8.42 Å². The Balaban J connectivity index is 1.68. The molecule has 1 aromatic carbocycles. The van der Waals surface area contributed by atoms with E-state index in [1.807, 2.05) is 0 Å². The number of allylic oxidation sites excluding steroid dienone is 2. The van der Waals surface area contributed by atoms with E-state index < -0.39 is 10.0 Å². The van der Waals surface area contributed by atoms with Gasteiger partial charge in [0, 0.05) is 24.4 Å². The first-order valence-corrected chi connectivity index (χ1v) is 10.4. The largest absolute Gasteiger partial charge is 0.303 e. The first-order chi connectivity index (χ1) is 12.1. The number of carbonyl (C=O) groups is 1. The van der Waals surface area contributed by atoms with Crippen LogP contribution < -0.4 is 10.9 Å². The summed E-state index contributed by atoms with van der Waals surface area (Å²) in [6.45, 7) is 1.10. The summed E-state index contributed by atoms with van der Waals surface area (Å²) in [4.78, 5) is 12.5. The number of rotatable bonds is 5. The minimum Gasteiger partial charge on any atom is -0.303 e. The normalized spacial score (nSPS) is 19.1. The highest BCUT2D eigenvalue weighted by atomic mass is 32.2. The Morgan fingerprint density at radius 2 is 1.84 bits per heavy atom. The number of nitrogens with one attached hydrogen (secondary N) is 2. The Kier molecular flexibility index (Phi) is 5.75. The predicted octanol–water partition coefficient (Wildman–Crippen LogP) is 2.55. The summed E-state index contributed by atoms with van der Waals surface area (Å²) in [5.74, 6) is -0.330. The summed E-state index contributed by atoms with van der Waals surface area (Å²) in [6.07, 6.45) is 9.31. The number of sulfonamides is 1. The molecule has 3 rings (SSSR count). The second-order valence-corrected chi connectivity index (χ2v) is 8.48. The van der Waals surface area contributed by atoms with E-state index in [2.05, 4.69) is 16.9 Å². The third-order valence-corrected chi connectivity index (χ3v) is 6.57. The molecule has 1 aliphatic heterocycles. The first-order valence-electron chi connectivity index (χ1n) is 8.93. The number of benzene rings is 1. The molecule has 1 aliphatic carbocycles. The number of hydrogen-bond donors (Lipinski definition) is 2. The zero-order valence-electron chi connectivity index (χ0n) is 14.3. The highest BCUT2D eigenvalue weighted by Gasteiger charge is 2.27. The van der Waals surface area contributed by atoms with Gasteiger partial charge >= 0.3 is 0 Å². The Hall–Kier alpha value is -1.86. The van der Waals surface area contributed by atoms with Crippen LogP contribution in [-0.4, -0.2) is 31.7 Å². The van der Waals surface area contributed by atoms with E-state index in [0.717, 1.165) is 37.8 Å². The molecule has 0 saturated carbocycles. The van der Waals surface area contributed by atoms with Gasteiger partial charge in [0.25, 0.3) is 5.91 Å². The standard InChI is InChI=1S/C18H25N3O3S/c22-18(20-19-16-9-3-1-2-4-10-16)15-8-7-11-17(14-15)25(23,24)21-12-5-6-13-21/h7-9,11,14,19H,1-6,10,12-13H2,(H,20,22). The van der Waals surface area contributed by atoms with Crippen molar-refractivity contribution in [1.82, 2.24) is 15.2 Å². The number of amides is 1. The molecule has 0 radical (unpaired) electrons. The molecule has 1 amide bonds. The number of carbonyl (C=O) groups excluding carboxylic acids is 1. The first kappa shape index (κ1) is 17.9. The summed E-state index contributed by atoms with van der Waals surface area (Å²) in [7, 11) is -3.51. The monoisotopic (exact) mass is 363 g/mol. The van der Waals surface area contributed by atoms with Gasteiger partial charge in [-0.05, 0) is 56.7 Å². The molecule has 0 spiro atoms. The Bertz CT molecular complexity index is 753. The predicted molar refractivity (Wildman–Crippen MR) is 96.2 cm³/mol. The van der Waals surface area contributed by atoms with Crippen LogP contribution in [0.15, 0.2) is 40.9 Å². The van der Waals surface area contributed by atoms with Crippen LogP contribution in [0.5, 0.6) is 0 Å².